The van der Waals surface area contributed by atoms with Gasteiger partial charge in [-0.3, -0.25) is 0 Å². The average molecular weight is 499 g/mol. The van der Waals surface area contributed by atoms with Gasteiger partial charge in [0.15, 0.2) is 0 Å². The molecule has 0 bridgehead atoms. The van der Waals surface area contributed by atoms with Crippen LogP contribution in [0, 0.1) is 20.3 Å². The van der Waals surface area contributed by atoms with Gasteiger partial charge in [0, 0.05) is 26.2 Å². The molecule has 0 saturated heterocycles. The zero-order chi connectivity index (χ0) is 20.9. The smallest absolute Gasteiger partial charge is 0.416 e. The summed E-state index contributed by atoms with van der Waals surface area (Å²) in [6, 6.07) is 11.8. The molecule has 28 heavy (non-hydrogen) atoms. The lowest BCUT2D eigenvalue weighted by Gasteiger charge is -2.15. The summed E-state index contributed by atoms with van der Waals surface area (Å²) in [7, 11) is 0. The number of halogens is 4. The predicted molar refractivity (Wildman–Crippen MR) is 111 cm³/mol. The number of nitrogens with zero attached hydrogens (tertiary/aromatic N) is 1. The Balaban J connectivity index is 2.14. The average Bonchev–Trinajstić information content (AvgIpc) is 2.61. The van der Waals surface area contributed by atoms with Crippen LogP contribution in [0.15, 0.2) is 53.7 Å². The Hall–Kier alpha value is -2.54. The summed E-state index contributed by atoms with van der Waals surface area (Å²) in [5.74, 6) is 0.285. The van der Waals surface area contributed by atoms with Crippen molar-refractivity contribution in [2.24, 2.45) is 0 Å². The van der Waals surface area contributed by atoms with Crippen molar-refractivity contribution in [2.75, 3.05) is 11.9 Å². The van der Waals surface area contributed by atoms with Gasteiger partial charge in [0.2, 0.25) is 0 Å². The minimum Gasteiger partial charge on any atom is -0.489 e. The molecule has 8 heteroatoms. The summed E-state index contributed by atoms with van der Waals surface area (Å²) in [6.45, 7) is 3.43. The van der Waals surface area contributed by atoms with E-state index >= 15 is 0 Å². The zero-order valence-corrected chi connectivity index (χ0v) is 17.3. The van der Waals surface area contributed by atoms with E-state index in [-0.39, 0.29) is 18.1 Å². The summed E-state index contributed by atoms with van der Waals surface area (Å²) >= 11 is 2.07. The van der Waals surface area contributed by atoms with Crippen molar-refractivity contribution in [1.82, 2.24) is 0 Å². The second kappa shape index (κ2) is 9.10. The summed E-state index contributed by atoms with van der Waals surface area (Å²) in [4.78, 5) is 0. The van der Waals surface area contributed by atoms with Gasteiger partial charge in [-0.05, 0) is 78.9 Å². The van der Waals surface area contributed by atoms with E-state index in [9.17, 15) is 13.2 Å². The molecule has 0 fully saturated rings. The van der Waals surface area contributed by atoms with Crippen LogP contribution in [0.2, 0.25) is 0 Å². The minimum atomic E-state index is -4.39. The molecule has 2 N–H and O–H groups in total. The van der Waals surface area contributed by atoms with E-state index < -0.39 is 11.7 Å². The Morgan fingerprint density at radius 2 is 1.82 bits per heavy atom. The molecule has 0 aliphatic heterocycles. The molecule has 4 nitrogen and oxygen atoms in total. The fraction of sp³-hybridized carbons (Fsp3) is 0.200. The third-order valence-corrected chi connectivity index (χ3v) is 4.78. The Labute approximate surface area is 174 Å². The number of nitriles is 1. The summed E-state index contributed by atoms with van der Waals surface area (Å²) in [5, 5.41) is 20.1. The molecule has 0 saturated carbocycles. The van der Waals surface area contributed by atoms with Gasteiger partial charge in [-0.25, -0.2) is 0 Å². The molecular weight excluding hydrogens is 482 g/mol. The van der Waals surface area contributed by atoms with E-state index in [2.05, 4.69) is 34.0 Å². The van der Waals surface area contributed by atoms with E-state index in [1.807, 2.05) is 6.07 Å². The van der Waals surface area contributed by atoms with Gasteiger partial charge in [0.25, 0.3) is 0 Å². The molecule has 2 aromatic carbocycles. The minimum absolute atomic E-state index is 0.0346. The van der Waals surface area contributed by atoms with Gasteiger partial charge in [0.1, 0.15) is 18.4 Å². The fourth-order valence-corrected chi connectivity index (χ4v) is 3.00. The number of hydrogen-bond acceptors (Lipinski definition) is 4. The first-order valence-corrected chi connectivity index (χ1v) is 9.21. The number of hydrogen-bond donors (Lipinski definition) is 2. The molecule has 0 aliphatic rings. The Kier molecular flexibility index (Phi) is 7.07. The van der Waals surface area contributed by atoms with E-state index in [4.69, 9.17) is 15.4 Å². The van der Waals surface area contributed by atoms with Crippen LogP contribution in [-0.4, -0.2) is 12.3 Å². The Bertz CT molecular complexity index is 945. The Morgan fingerprint density at radius 1 is 1.18 bits per heavy atom. The number of allylic oxidation sites excluding steroid dienone is 1. The van der Waals surface area contributed by atoms with Gasteiger partial charge < -0.3 is 15.5 Å². The maximum atomic E-state index is 12.6. The highest BCUT2D eigenvalue weighted by Gasteiger charge is 2.30. The molecule has 0 radical (unpaired) electrons. The van der Waals surface area contributed by atoms with E-state index in [1.165, 1.54) is 12.1 Å². The SMILES string of the molecule is CC(=N)/C(COc1ccc(C(F)(F)F)cc1)=C(/C)Nc1ccc(C#N)c(I)c1. The Morgan fingerprint density at radius 3 is 2.32 bits per heavy atom. The quantitative estimate of drug-likeness (QED) is 0.379. The van der Waals surface area contributed by atoms with Crippen LogP contribution in [0.4, 0.5) is 18.9 Å². The van der Waals surface area contributed by atoms with Crippen LogP contribution in [0.3, 0.4) is 0 Å². The first kappa shape index (κ1) is 21.8. The van der Waals surface area contributed by atoms with Crippen LogP contribution in [-0.2, 0) is 6.18 Å². The number of benzene rings is 2. The van der Waals surface area contributed by atoms with E-state index in [0.717, 1.165) is 21.4 Å². The molecular formula is C20H17F3IN3O. The van der Waals surface area contributed by atoms with Crippen LogP contribution in [0.25, 0.3) is 0 Å². The molecule has 0 aromatic heterocycles. The first-order valence-electron chi connectivity index (χ1n) is 8.14. The lowest BCUT2D eigenvalue weighted by atomic mass is 10.1. The molecule has 0 amide bonds. The highest BCUT2D eigenvalue weighted by Crippen LogP contribution is 2.30. The van der Waals surface area contributed by atoms with Crippen molar-refractivity contribution in [1.29, 1.82) is 10.7 Å². The maximum absolute atomic E-state index is 12.6. The van der Waals surface area contributed by atoms with Gasteiger partial charge in [-0.15, -0.1) is 0 Å². The maximum Gasteiger partial charge on any atom is 0.416 e. The number of alkyl halides is 3. The van der Waals surface area contributed by atoms with Gasteiger partial charge >= 0.3 is 6.18 Å². The van der Waals surface area contributed by atoms with Crippen LogP contribution >= 0.6 is 22.6 Å². The lowest BCUT2D eigenvalue weighted by Crippen LogP contribution is -2.14. The first-order chi connectivity index (χ1) is 13.1. The molecule has 0 unspecified atom stereocenters. The van der Waals surface area contributed by atoms with Gasteiger partial charge in [-0.1, -0.05) is 0 Å². The largest absolute Gasteiger partial charge is 0.489 e. The third kappa shape index (κ3) is 5.73. The van der Waals surface area contributed by atoms with Gasteiger partial charge in [0.05, 0.1) is 11.1 Å². The zero-order valence-electron chi connectivity index (χ0n) is 15.1. The normalized spacial score (nSPS) is 12.0. The molecule has 0 spiro atoms. The van der Waals surface area contributed by atoms with Crippen molar-refractivity contribution >= 4 is 34.0 Å². The molecule has 0 aliphatic carbocycles. The lowest BCUT2D eigenvalue weighted by molar-refractivity contribution is -0.137. The van der Waals surface area contributed by atoms with Crippen molar-refractivity contribution in [3.63, 3.8) is 0 Å². The number of anilines is 1. The topological polar surface area (TPSA) is 68.9 Å². The van der Waals surface area contributed by atoms with Crippen molar-refractivity contribution < 1.29 is 17.9 Å². The van der Waals surface area contributed by atoms with Crippen LogP contribution in [0.5, 0.6) is 5.75 Å². The van der Waals surface area contributed by atoms with Crippen LogP contribution < -0.4 is 10.1 Å². The number of nitrogens with one attached hydrogen (secondary N) is 2. The second-order valence-electron chi connectivity index (χ2n) is 5.97. The van der Waals surface area contributed by atoms with Crippen molar-refractivity contribution in [3.05, 3.63) is 68.4 Å². The monoisotopic (exact) mass is 499 g/mol. The summed E-state index contributed by atoms with van der Waals surface area (Å²) in [5.41, 5.74) is 2.13. The number of rotatable bonds is 6. The van der Waals surface area contributed by atoms with E-state index in [1.54, 1.807) is 26.0 Å². The predicted octanol–water partition coefficient (Wildman–Crippen LogP) is 5.99. The van der Waals surface area contributed by atoms with Crippen molar-refractivity contribution in [3.8, 4) is 11.8 Å². The molecule has 2 aromatic rings. The third-order valence-electron chi connectivity index (χ3n) is 3.89. The molecule has 2 rings (SSSR count). The fourth-order valence-electron chi connectivity index (χ4n) is 2.37. The molecule has 0 atom stereocenters. The molecule has 0 heterocycles. The summed E-state index contributed by atoms with van der Waals surface area (Å²) in [6.07, 6.45) is -4.39. The molecule has 146 valence electrons. The van der Waals surface area contributed by atoms with Gasteiger partial charge in [-0.2, -0.15) is 18.4 Å². The standard InChI is InChI=1S/C20H17F3IN3O/c1-12(26)18(11-28-17-7-4-15(5-8-17)20(21,22)23)13(2)27-16-6-3-14(10-25)19(24)9-16/h3-9,26-27H,11H2,1-2H3/b18-13-,26-12?. The van der Waals surface area contributed by atoms with Crippen molar-refractivity contribution in [2.45, 2.75) is 20.0 Å². The second-order valence-corrected chi connectivity index (χ2v) is 7.13. The highest BCUT2D eigenvalue weighted by molar-refractivity contribution is 14.1. The summed E-state index contributed by atoms with van der Waals surface area (Å²) < 4.78 is 44.2. The number of ether oxygens (including phenoxy) is 1. The van der Waals surface area contributed by atoms with E-state index in [0.29, 0.717) is 16.8 Å². The van der Waals surface area contributed by atoms with Crippen LogP contribution in [0.1, 0.15) is 25.0 Å². The highest BCUT2D eigenvalue weighted by atomic mass is 127.